The lowest BCUT2D eigenvalue weighted by Gasteiger charge is -2.34. The first-order valence-corrected chi connectivity index (χ1v) is 24.9. The minimum absolute atomic E-state index is 0.148. The molecule has 0 aliphatic heterocycles. The van der Waals surface area contributed by atoms with Gasteiger partial charge < -0.3 is 18.9 Å². The average molecular weight is 963 g/mol. The molecule has 0 fully saturated rings. The van der Waals surface area contributed by atoms with E-state index in [2.05, 4.69) is 147 Å². The molecule has 2 aromatic heterocycles. The van der Waals surface area contributed by atoms with Gasteiger partial charge in [-0.25, -0.2) is 19.6 Å². The van der Waals surface area contributed by atoms with Crippen LogP contribution < -0.4 is 9.47 Å². The van der Waals surface area contributed by atoms with Crippen molar-refractivity contribution in [1.82, 2.24) is 9.97 Å². The predicted molar refractivity (Wildman–Crippen MR) is 287 cm³/mol. The standard InChI is InChI=1S/C61H42N2O6S2/c1-3-57(64)68-27-25-66-47-21-17-39-29-43(15-13-41(39)31-47)59-62-53-23-19-45(35-55(53)70-59)61(51-12-8-7-11-49(51)50-33-37-9-5-6-10-38(37)34-52(50)61)46-20-24-54-56(36-46)71-60(63-54)44-16-14-42-32-48(22-18-40(42)30-44)67-26-28-69-58(65)4-2/h3-24,29-36H,1-2,25-28H2. The van der Waals surface area contributed by atoms with Crippen LogP contribution in [-0.4, -0.2) is 48.3 Å². The third-order valence-corrected chi connectivity index (χ3v) is 15.3. The molecule has 0 radical (unpaired) electrons. The maximum Gasteiger partial charge on any atom is 0.330 e. The van der Waals surface area contributed by atoms with E-state index in [4.69, 9.17) is 28.9 Å². The van der Waals surface area contributed by atoms with E-state index in [0.717, 1.165) is 75.3 Å². The van der Waals surface area contributed by atoms with Crippen LogP contribution in [0.2, 0.25) is 0 Å². The van der Waals surface area contributed by atoms with Crippen LogP contribution in [0, 0.1) is 0 Å². The number of fused-ring (bicyclic) bond motifs is 8. The van der Waals surface area contributed by atoms with Gasteiger partial charge in [0.25, 0.3) is 0 Å². The molecule has 0 atom stereocenters. The fourth-order valence-corrected chi connectivity index (χ4v) is 11.9. The average Bonchev–Trinajstić information content (AvgIpc) is 4.13. The lowest BCUT2D eigenvalue weighted by atomic mass is 9.67. The summed E-state index contributed by atoms with van der Waals surface area (Å²) in [6.07, 6.45) is 2.29. The van der Waals surface area contributed by atoms with Gasteiger partial charge in [-0.15, -0.1) is 22.7 Å². The number of rotatable bonds is 14. The van der Waals surface area contributed by atoms with Crippen molar-refractivity contribution < 1.29 is 28.5 Å². The van der Waals surface area contributed by atoms with E-state index in [1.54, 1.807) is 22.7 Å². The Kier molecular flexibility index (Phi) is 11.2. The van der Waals surface area contributed by atoms with Crippen LogP contribution in [0.15, 0.2) is 195 Å². The van der Waals surface area contributed by atoms with Crippen LogP contribution in [0.25, 0.3) is 85.0 Å². The van der Waals surface area contributed by atoms with E-state index in [1.807, 2.05) is 36.4 Å². The van der Waals surface area contributed by atoms with Gasteiger partial charge in [-0.1, -0.05) is 110 Å². The molecule has 0 saturated carbocycles. The van der Waals surface area contributed by atoms with Crippen LogP contribution in [0.4, 0.5) is 0 Å². The van der Waals surface area contributed by atoms with E-state index >= 15 is 0 Å². The topological polar surface area (TPSA) is 96.8 Å². The van der Waals surface area contributed by atoms with E-state index in [-0.39, 0.29) is 26.4 Å². The molecular formula is C61H42N2O6S2. The maximum absolute atomic E-state index is 11.4. The molecule has 0 amide bonds. The zero-order valence-corrected chi connectivity index (χ0v) is 39.9. The van der Waals surface area contributed by atoms with Gasteiger partial charge in [-0.2, -0.15) is 0 Å². The number of benzene rings is 9. The molecule has 0 N–H and O–H groups in total. The predicted octanol–water partition coefficient (Wildman–Crippen LogP) is 14.3. The summed E-state index contributed by atoms with van der Waals surface area (Å²) in [5.74, 6) is 0.471. The van der Waals surface area contributed by atoms with Gasteiger partial charge in [0.05, 0.1) is 25.8 Å². The summed E-state index contributed by atoms with van der Waals surface area (Å²) < 4.78 is 24.0. The second-order valence-electron chi connectivity index (χ2n) is 17.3. The van der Waals surface area contributed by atoms with Crippen molar-refractivity contribution in [3.8, 4) is 43.8 Å². The smallest absolute Gasteiger partial charge is 0.330 e. The number of hydrogen-bond acceptors (Lipinski definition) is 10. The van der Waals surface area contributed by atoms with Gasteiger partial charge in [0.1, 0.15) is 47.9 Å². The number of carbonyl (C=O) groups is 2. The van der Waals surface area contributed by atoms with Crippen LogP contribution in [0.5, 0.6) is 11.5 Å². The summed E-state index contributed by atoms with van der Waals surface area (Å²) in [5.41, 5.74) is 10.6. The van der Waals surface area contributed by atoms with Gasteiger partial charge >= 0.3 is 11.9 Å². The summed E-state index contributed by atoms with van der Waals surface area (Å²) in [7, 11) is 0. The number of thiazole rings is 2. The van der Waals surface area contributed by atoms with E-state index in [1.165, 1.54) is 44.2 Å². The van der Waals surface area contributed by atoms with Crippen molar-refractivity contribution >= 4 is 87.4 Å². The largest absolute Gasteiger partial charge is 0.490 e. The van der Waals surface area contributed by atoms with Crippen molar-refractivity contribution in [2.24, 2.45) is 0 Å². The number of esters is 2. The number of ether oxygens (including phenoxy) is 4. The maximum atomic E-state index is 11.4. The van der Waals surface area contributed by atoms with E-state index < -0.39 is 17.4 Å². The Morgan fingerprint density at radius 3 is 1.49 bits per heavy atom. The molecule has 12 rings (SSSR count). The molecule has 10 heteroatoms. The monoisotopic (exact) mass is 962 g/mol. The van der Waals surface area contributed by atoms with Gasteiger partial charge in [-0.3, -0.25) is 0 Å². The van der Waals surface area contributed by atoms with Crippen molar-refractivity contribution in [3.63, 3.8) is 0 Å². The Morgan fingerprint density at radius 2 is 0.944 bits per heavy atom. The van der Waals surface area contributed by atoms with Crippen molar-refractivity contribution in [1.29, 1.82) is 0 Å². The van der Waals surface area contributed by atoms with Crippen LogP contribution in [-0.2, 0) is 24.5 Å². The highest BCUT2D eigenvalue weighted by atomic mass is 32.1. The van der Waals surface area contributed by atoms with Crippen LogP contribution >= 0.6 is 22.7 Å². The molecule has 11 aromatic rings. The van der Waals surface area contributed by atoms with Gasteiger partial charge in [-0.05, 0) is 138 Å². The minimum Gasteiger partial charge on any atom is -0.490 e. The van der Waals surface area contributed by atoms with Gasteiger partial charge in [0, 0.05) is 23.3 Å². The highest BCUT2D eigenvalue weighted by Gasteiger charge is 2.46. The Hall–Kier alpha value is -8.44. The first kappa shape index (κ1) is 43.8. The molecule has 71 heavy (non-hydrogen) atoms. The molecule has 1 aliphatic rings. The molecule has 9 aromatic carbocycles. The fourth-order valence-electron chi connectivity index (χ4n) is 9.93. The summed E-state index contributed by atoms with van der Waals surface area (Å²) in [6, 6.07) is 60.7. The second kappa shape index (κ2) is 18.1. The van der Waals surface area contributed by atoms with Crippen LogP contribution in [0.1, 0.15) is 22.3 Å². The Balaban J connectivity index is 0.921. The fraction of sp³-hybridized carbons (Fsp3) is 0.0820. The van der Waals surface area contributed by atoms with Crippen molar-refractivity contribution in [2.75, 3.05) is 26.4 Å². The molecule has 0 saturated heterocycles. The summed E-state index contributed by atoms with van der Waals surface area (Å²) >= 11 is 3.41. The van der Waals surface area contributed by atoms with Crippen molar-refractivity contribution in [3.05, 3.63) is 217 Å². The Labute approximate surface area is 416 Å². The number of nitrogens with zero attached hydrogens (tertiary/aromatic N) is 2. The highest BCUT2D eigenvalue weighted by Crippen LogP contribution is 2.58. The van der Waals surface area contributed by atoms with Gasteiger partial charge in [0.15, 0.2) is 0 Å². The van der Waals surface area contributed by atoms with Gasteiger partial charge in [0.2, 0.25) is 0 Å². The third kappa shape index (κ3) is 7.97. The van der Waals surface area contributed by atoms with E-state index in [0.29, 0.717) is 11.5 Å². The summed E-state index contributed by atoms with van der Waals surface area (Å²) in [6.45, 7) is 7.66. The Morgan fingerprint density at radius 1 is 0.465 bits per heavy atom. The lowest BCUT2D eigenvalue weighted by Crippen LogP contribution is -2.28. The molecule has 2 heterocycles. The third-order valence-electron chi connectivity index (χ3n) is 13.2. The summed E-state index contributed by atoms with van der Waals surface area (Å²) in [5, 5.41) is 8.51. The quantitative estimate of drug-likeness (QED) is 0.0604. The zero-order valence-electron chi connectivity index (χ0n) is 38.2. The normalized spacial score (nSPS) is 12.5. The first-order valence-electron chi connectivity index (χ1n) is 23.2. The van der Waals surface area contributed by atoms with Crippen LogP contribution in [0.3, 0.4) is 0 Å². The second-order valence-corrected chi connectivity index (χ2v) is 19.4. The van der Waals surface area contributed by atoms with Crippen molar-refractivity contribution in [2.45, 2.75) is 5.41 Å². The molecule has 344 valence electrons. The molecule has 1 aliphatic carbocycles. The number of hydrogen-bond donors (Lipinski definition) is 0. The molecular weight excluding hydrogens is 921 g/mol. The number of carbonyl (C=O) groups excluding carboxylic acids is 2. The minimum atomic E-state index is -0.654. The first-order chi connectivity index (χ1) is 34.8. The molecule has 0 bridgehead atoms. The number of aromatic nitrogens is 2. The SMILES string of the molecule is C=CC(=O)OCCOc1ccc2cc(-c3nc4ccc(C5(c6ccc7nc(-c8ccc9cc(OCCOC(=O)C=C)ccc9c8)sc7c6)c6ccccc6-c6cc7ccccc7cc65)cc4s3)ccc2c1. The molecule has 0 unspecified atom stereocenters. The summed E-state index contributed by atoms with van der Waals surface area (Å²) in [4.78, 5) is 33.2. The van der Waals surface area contributed by atoms with E-state index in [9.17, 15) is 9.59 Å². The lowest BCUT2D eigenvalue weighted by molar-refractivity contribution is -0.139. The zero-order chi connectivity index (χ0) is 48.1. The highest BCUT2D eigenvalue weighted by molar-refractivity contribution is 7.22. The molecule has 8 nitrogen and oxygen atoms in total. The Bertz CT molecular complexity index is 3780. The molecule has 0 spiro atoms.